The van der Waals surface area contributed by atoms with Gasteiger partial charge >= 0.3 is 6.18 Å². The summed E-state index contributed by atoms with van der Waals surface area (Å²) in [6.07, 6.45) is -3.57. The minimum atomic E-state index is -4.59. The van der Waals surface area contributed by atoms with Crippen LogP contribution in [0.5, 0.6) is 0 Å². The smallest absolute Gasteiger partial charge is 0.422 e. The summed E-state index contributed by atoms with van der Waals surface area (Å²) in [6.45, 7) is 0. The van der Waals surface area contributed by atoms with Gasteiger partial charge < -0.3 is 5.21 Å². The van der Waals surface area contributed by atoms with Gasteiger partial charge in [-0.1, -0.05) is 35.9 Å². The van der Waals surface area contributed by atoms with E-state index in [4.69, 9.17) is 11.6 Å². The summed E-state index contributed by atoms with van der Waals surface area (Å²) in [6, 6.07) is 11.0. The van der Waals surface area contributed by atoms with Crippen molar-refractivity contribution in [2.45, 2.75) is 6.18 Å². The number of hydrogen-bond acceptors (Lipinski definition) is 1. The SMILES string of the molecule is [O-][N+](=Cc1ccccc1Cl)c1ccccc1C(F)(F)F. The van der Waals surface area contributed by atoms with E-state index in [1.54, 1.807) is 24.3 Å². The molecular formula is C14H9ClF3NO. The van der Waals surface area contributed by atoms with E-state index >= 15 is 0 Å². The largest absolute Gasteiger partial charge is 0.618 e. The van der Waals surface area contributed by atoms with Crippen LogP contribution in [0.1, 0.15) is 11.1 Å². The average molecular weight is 300 g/mol. The molecule has 0 heterocycles. The molecule has 0 saturated carbocycles. The van der Waals surface area contributed by atoms with E-state index < -0.39 is 17.4 Å². The zero-order chi connectivity index (χ0) is 14.8. The third-order valence-electron chi connectivity index (χ3n) is 2.61. The fraction of sp³-hybridized carbons (Fsp3) is 0.0714. The molecule has 0 unspecified atom stereocenters. The Morgan fingerprint density at radius 3 is 2.25 bits per heavy atom. The van der Waals surface area contributed by atoms with E-state index in [0.29, 0.717) is 5.56 Å². The lowest BCUT2D eigenvalue weighted by Crippen LogP contribution is -2.10. The molecule has 0 bridgehead atoms. The topological polar surface area (TPSA) is 26.1 Å². The molecule has 0 spiro atoms. The van der Waals surface area contributed by atoms with Gasteiger partial charge in [-0.25, -0.2) is 0 Å². The highest BCUT2D eigenvalue weighted by Crippen LogP contribution is 2.35. The van der Waals surface area contributed by atoms with Crippen LogP contribution in [0.3, 0.4) is 0 Å². The molecule has 0 aromatic heterocycles. The maximum absolute atomic E-state index is 12.8. The highest BCUT2D eigenvalue weighted by atomic mass is 35.5. The molecule has 0 radical (unpaired) electrons. The second kappa shape index (κ2) is 5.54. The fourth-order valence-corrected chi connectivity index (χ4v) is 1.87. The highest BCUT2D eigenvalue weighted by Gasteiger charge is 2.36. The van der Waals surface area contributed by atoms with Gasteiger partial charge in [0.05, 0.1) is 10.6 Å². The molecule has 2 aromatic rings. The van der Waals surface area contributed by atoms with Crippen molar-refractivity contribution in [3.63, 3.8) is 0 Å². The van der Waals surface area contributed by atoms with Crippen molar-refractivity contribution in [2.75, 3.05) is 0 Å². The van der Waals surface area contributed by atoms with Crippen molar-refractivity contribution in [2.24, 2.45) is 0 Å². The molecule has 0 aliphatic carbocycles. The fourth-order valence-electron chi connectivity index (χ4n) is 1.68. The standard InChI is InChI=1S/C14H9ClF3NO/c15-12-7-3-1-5-10(12)9-19(20)13-8-4-2-6-11(13)14(16,17)18/h1-9H. The van der Waals surface area contributed by atoms with Crippen molar-refractivity contribution in [3.05, 3.63) is 69.9 Å². The van der Waals surface area contributed by atoms with Gasteiger partial charge in [-0.2, -0.15) is 17.9 Å². The minimum absolute atomic E-state index is 0.171. The molecule has 0 aliphatic rings. The number of para-hydroxylation sites is 1. The van der Waals surface area contributed by atoms with Gasteiger partial charge in [0.15, 0.2) is 6.21 Å². The molecule has 0 atom stereocenters. The van der Waals surface area contributed by atoms with Crippen LogP contribution in [0, 0.1) is 5.21 Å². The number of hydrogen-bond donors (Lipinski definition) is 0. The van der Waals surface area contributed by atoms with Crippen molar-refractivity contribution in [1.82, 2.24) is 0 Å². The summed E-state index contributed by atoms with van der Waals surface area (Å²) in [5, 5.41) is 12.2. The van der Waals surface area contributed by atoms with Gasteiger partial charge in [-0.05, 0) is 18.2 Å². The van der Waals surface area contributed by atoms with E-state index in [1.165, 1.54) is 12.1 Å². The summed E-state index contributed by atoms with van der Waals surface area (Å²) >= 11 is 5.87. The maximum Gasteiger partial charge on any atom is 0.422 e. The van der Waals surface area contributed by atoms with Crippen molar-refractivity contribution in [1.29, 1.82) is 0 Å². The molecule has 0 N–H and O–H groups in total. The summed E-state index contributed by atoms with van der Waals surface area (Å²) in [5.74, 6) is 0. The van der Waals surface area contributed by atoms with E-state index in [0.717, 1.165) is 18.3 Å². The van der Waals surface area contributed by atoms with Crippen LogP contribution in [0.2, 0.25) is 5.02 Å². The Labute approximate surface area is 118 Å². The van der Waals surface area contributed by atoms with Crippen molar-refractivity contribution >= 4 is 23.5 Å². The molecule has 0 amide bonds. The zero-order valence-electron chi connectivity index (χ0n) is 10.1. The molecule has 2 rings (SSSR count). The van der Waals surface area contributed by atoms with Crippen molar-refractivity contribution < 1.29 is 17.9 Å². The molecule has 0 aliphatic heterocycles. The molecule has 6 heteroatoms. The highest BCUT2D eigenvalue weighted by molar-refractivity contribution is 6.32. The number of nitrogens with zero attached hydrogens (tertiary/aromatic N) is 1. The molecule has 0 fully saturated rings. The van der Waals surface area contributed by atoms with Crippen LogP contribution in [0.25, 0.3) is 0 Å². The summed E-state index contributed by atoms with van der Waals surface area (Å²) in [5.41, 5.74) is -1.11. The third-order valence-corrected chi connectivity index (χ3v) is 2.95. The Bertz CT molecular complexity index is 653. The van der Waals surface area contributed by atoms with Crippen LogP contribution in [0.4, 0.5) is 18.9 Å². The molecule has 0 saturated heterocycles. The van der Waals surface area contributed by atoms with Crippen molar-refractivity contribution in [3.8, 4) is 0 Å². The van der Waals surface area contributed by atoms with E-state index in [9.17, 15) is 18.4 Å². The molecule has 104 valence electrons. The Kier molecular flexibility index (Phi) is 3.99. The van der Waals surface area contributed by atoms with Gasteiger partial charge in [-0.3, -0.25) is 0 Å². The number of rotatable bonds is 2. The summed E-state index contributed by atoms with van der Waals surface area (Å²) < 4.78 is 38.6. The number of benzene rings is 2. The molecule has 2 nitrogen and oxygen atoms in total. The van der Waals surface area contributed by atoms with Gasteiger partial charge in [0.1, 0.15) is 5.56 Å². The Morgan fingerprint density at radius 2 is 1.60 bits per heavy atom. The van der Waals surface area contributed by atoms with Crippen LogP contribution < -0.4 is 0 Å². The second-order valence-corrected chi connectivity index (χ2v) is 4.40. The number of alkyl halides is 3. The van der Waals surface area contributed by atoms with Gasteiger partial charge in [0.25, 0.3) is 0 Å². The second-order valence-electron chi connectivity index (χ2n) is 3.99. The Hall–Kier alpha value is -2.01. The normalized spacial score (nSPS) is 12.5. The molecule has 20 heavy (non-hydrogen) atoms. The lowest BCUT2D eigenvalue weighted by molar-refractivity contribution is -0.358. The van der Waals surface area contributed by atoms with Crippen LogP contribution in [-0.2, 0) is 6.18 Å². The van der Waals surface area contributed by atoms with Crippen LogP contribution >= 0.6 is 11.6 Å². The number of halogens is 4. The van der Waals surface area contributed by atoms with E-state index in [2.05, 4.69) is 0 Å². The quantitative estimate of drug-likeness (QED) is 0.344. The predicted molar refractivity (Wildman–Crippen MR) is 71.3 cm³/mol. The summed E-state index contributed by atoms with van der Waals surface area (Å²) in [7, 11) is 0. The van der Waals surface area contributed by atoms with Crippen LogP contribution in [0.15, 0.2) is 48.5 Å². The Morgan fingerprint density at radius 1 is 1.00 bits per heavy atom. The summed E-state index contributed by atoms with van der Waals surface area (Å²) in [4.78, 5) is 0. The first-order valence-corrected chi connectivity index (χ1v) is 5.99. The average Bonchev–Trinajstić information content (AvgIpc) is 2.40. The third kappa shape index (κ3) is 3.11. The lowest BCUT2D eigenvalue weighted by Gasteiger charge is -2.11. The van der Waals surface area contributed by atoms with E-state index in [-0.39, 0.29) is 9.76 Å². The first kappa shape index (κ1) is 14.4. The van der Waals surface area contributed by atoms with Gasteiger partial charge in [0.2, 0.25) is 5.69 Å². The lowest BCUT2D eigenvalue weighted by atomic mass is 10.1. The first-order valence-electron chi connectivity index (χ1n) is 5.61. The van der Waals surface area contributed by atoms with Gasteiger partial charge in [-0.15, -0.1) is 0 Å². The molecular weight excluding hydrogens is 291 g/mol. The van der Waals surface area contributed by atoms with Gasteiger partial charge in [0, 0.05) is 6.07 Å². The first-order chi connectivity index (χ1) is 9.39. The monoisotopic (exact) mass is 299 g/mol. The zero-order valence-corrected chi connectivity index (χ0v) is 10.8. The minimum Gasteiger partial charge on any atom is -0.618 e. The molecule has 2 aromatic carbocycles. The maximum atomic E-state index is 12.8. The predicted octanol–water partition coefficient (Wildman–Crippen LogP) is 4.62. The Balaban J connectivity index is 2.50. The van der Waals surface area contributed by atoms with E-state index in [1.807, 2.05) is 0 Å². The van der Waals surface area contributed by atoms with Crippen LogP contribution in [-0.4, -0.2) is 11.0 Å².